The van der Waals surface area contributed by atoms with Crippen molar-refractivity contribution in [2.75, 3.05) is 25.5 Å². The summed E-state index contributed by atoms with van der Waals surface area (Å²) < 4.78 is 0. The third-order valence-corrected chi connectivity index (χ3v) is 3.55. The number of amides is 2. The molecule has 2 amide bonds. The molecule has 2 N–H and O–H groups in total. The first-order chi connectivity index (χ1) is 11.6. The fourth-order valence-electron chi connectivity index (χ4n) is 2.35. The molecular formula is C19H23N3O2. The number of carbonyl (C=O) groups excluding carboxylic acids is 2. The first-order valence-corrected chi connectivity index (χ1v) is 8.00. The minimum Gasteiger partial charge on any atom is -0.376 e. The summed E-state index contributed by atoms with van der Waals surface area (Å²) in [7, 11) is 1.78. The van der Waals surface area contributed by atoms with Crippen LogP contribution in [-0.4, -0.2) is 36.9 Å². The lowest BCUT2D eigenvalue weighted by molar-refractivity contribution is -0.119. The Labute approximate surface area is 142 Å². The average molecular weight is 325 g/mol. The van der Waals surface area contributed by atoms with Gasteiger partial charge in [0.25, 0.3) is 5.91 Å². The lowest BCUT2D eigenvalue weighted by atomic mass is 10.1. The summed E-state index contributed by atoms with van der Waals surface area (Å²) in [5.74, 6) is -0.129. The first kappa shape index (κ1) is 17.5. The molecule has 2 aromatic rings. The van der Waals surface area contributed by atoms with Gasteiger partial charge >= 0.3 is 0 Å². The Balaban J connectivity index is 1.99. The number of nitrogens with zero attached hydrogens (tertiary/aromatic N) is 1. The van der Waals surface area contributed by atoms with Gasteiger partial charge < -0.3 is 15.5 Å². The zero-order valence-electron chi connectivity index (χ0n) is 14.1. The van der Waals surface area contributed by atoms with E-state index in [4.69, 9.17) is 0 Å². The van der Waals surface area contributed by atoms with Gasteiger partial charge in [0.1, 0.15) is 0 Å². The van der Waals surface area contributed by atoms with E-state index in [-0.39, 0.29) is 18.4 Å². The summed E-state index contributed by atoms with van der Waals surface area (Å²) in [5, 5.41) is 5.75. The summed E-state index contributed by atoms with van der Waals surface area (Å²) in [6.07, 6.45) is 0. The summed E-state index contributed by atoms with van der Waals surface area (Å²) in [6, 6.07) is 17.1. The maximum absolute atomic E-state index is 12.6. The van der Waals surface area contributed by atoms with Crippen molar-refractivity contribution in [3.63, 3.8) is 0 Å². The molecule has 0 atom stereocenters. The Morgan fingerprint density at radius 1 is 1.04 bits per heavy atom. The van der Waals surface area contributed by atoms with Gasteiger partial charge in [0.2, 0.25) is 5.91 Å². The molecule has 0 heterocycles. The van der Waals surface area contributed by atoms with Crippen molar-refractivity contribution in [1.29, 1.82) is 0 Å². The highest BCUT2D eigenvalue weighted by molar-refractivity contribution is 5.95. The zero-order valence-corrected chi connectivity index (χ0v) is 14.1. The Kier molecular flexibility index (Phi) is 6.37. The van der Waals surface area contributed by atoms with Crippen molar-refractivity contribution in [1.82, 2.24) is 10.2 Å². The second kappa shape index (κ2) is 8.72. The largest absolute Gasteiger partial charge is 0.376 e. The topological polar surface area (TPSA) is 61.4 Å². The summed E-state index contributed by atoms with van der Waals surface area (Å²) in [4.78, 5) is 25.7. The van der Waals surface area contributed by atoms with E-state index in [0.29, 0.717) is 18.7 Å². The van der Waals surface area contributed by atoms with Crippen LogP contribution in [0.5, 0.6) is 0 Å². The van der Waals surface area contributed by atoms with Crippen LogP contribution in [0.4, 0.5) is 5.69 Å². The van der Waals surface area contributed by atoms with E-state index >= 15 is 0 Å². The third kappa shape index (κ3) is 5.12. The molecule has 24 heavy (non-hydrogen) atoms. The summed E-state index contributed by atoms with van der Waals surface area (Å²) in [5.41, 5.74) is 2.42. The first-order valence-electron chi connectivity index (χ1n) is 8.00. The van der Waals surface area contributed by atoms with Crippen LogP contribution < -0.4 is 10.6 Å². The quantitative estimate of drug-likeness (QED) is 0.822. The Morgan fingerprint density at radius 2 is 1.79 bits per heavy atom. The highest BCUT2D eigenvalue weighted by Crippen LogP contribution is 2.13. The van der Waals surface area contributed by atoms with Gasteiger partial charge in [-0.15, -0.1) is 0 Å². The van der Waals surface area contributed by atoms with Crippen molar-refractivity contribution < 1.29 is 9.59 Å². The molecule has 0 saturated heterocycles. The van der Waals surface area contributed by atoms with Gasteiger partial charge in [-0.3, -0.25) is 9.59 Å². The highest BCUT2D eigenvalue weighted by Gasteiger charge is 2.12. The van der Waals surface area contributed by atoms with Crippen LogP contribution in [0, 0.1) is 0 Å². The van der Waals surface area contributed by atoms with Crippen LogP contribution in [0.2, 0.25) is 0 Å². The monoisotopic (exact) mass is 325 g/mol. The number of hydrogen-bond acceptors (Lipinski definition) is 3. The van der Waals surface area contributed by atoms with Crippen LogP contribution in [0.15, 0.2) is 54.6 Å². The fourth-order valence-corrected chi connectivity index (χ4v) is 2.35. The van der Waals surface area contributed by atoms with Gasteiger partial charge in [-0.1, -0.05) is 36.4 Å². The number of carbonyl (C=O) groups is 2. The molecule has 0 bridgehead atoms. The van der Waals surface area contributed by atoms with E-state index in [2.05, 4.69) is 10.6 Å². The third-order valence-electron chi connectivity index (χ3n) is 3.55. The predicted octanol–water partition coefficient (Wildman–Crippen LogP) is 2.51. The average Bonchev–Trinajstić information content (AvgIpc) is 2.60. The maximum atomic E-state index is 12.6. The minimum atomic E-state index is -0.0737. The Hall–Kier alpha value is -2.82. The number of likely N-dealkylation sites (N-methyl/N-ethyl adjacent to an activating group) is 1. The molecule has 0 aliphatic carbocycles. The van der Waals surface area contributed by atoms with Crippen molar-refractivity contribution in [2.24, 2.45) is 0 Å². The zero-order chi connectivity index (χ0) is 17.4. The van der Waals surface area contributed by atoms with E-state index in [1.807, 2.05) is 49.4 Å². The molecule has 0 saturated carbocycles. The maximum Gasteiger partial charge on any atom is 0.253 e. The second-order valence-electron chi connectivity index (χ2n) is 5.53. The van der Waals surface area contributed by atoms with Crippen LogP contribution >= 0.6 is 0 Å². The molecule has 0 spiro atoms. The van der Waals surface area contributed by atoms with E-state index < -0.39 is 0 Å². The normalized spacial score (nSPS) is 10.1. The predicted molar refractivity (Wildman–Crippen MR) is 95.9 cm³/mol. The standard InChI is InChI=1S/C19H23N3O2/c1-3-20-18(23)13-21-17-11-7-10-16(12-17)19(24)22(2)14-15-8-5-4-6-9-15/h4-12,21H,3,13-14H2,1-2H3,(H,20,23). The Morgan fingerprint density at radius 3 is 2.50 bits per heavy atom. The van der Waals surface area contributed by atoms with Gasteiger partial charge in [-0.05, 0) is 30.7 Å². The second-order valence-corrected chi connectivity index (χ2v) is 5.53. The van der Waals surface area contributed by atoms with Crippen molar-refractivity contribution in [3.05, 3.63) is 65.7 Å². The number of benzene rings is 2. The smallest absolute Gasteiger partial charge is 0.253 e. The lowest BCUT2D eigenvalue weighted by Gasteiger charge is -2.18. The van der Waals surface area contributed by atoms with Crippen LogP contribution in [0.3, 0.4) is 0 Å². The number of anilines is 1. The number of rotatable bonds is 7. The molecule has 0 fully saturated rings. The van der Waals surface area contributed by atoms with Crippen molar-refractivity contribution in [3.8, 4) is 0 Å². The SMILES string of the molecule is CCNC(=O)CNc1cccc(C(=O)N(C)Cc2ccccc2)c1. The van der Waals surface area contributed by atoms with Crippen LogP contribution in [-0.2, 0) is 11.3 Å². The molecule has 2 rings (SSSR count). The van der Waals surface area contributed by atoms with Crippen molar-refractivity contribution in [2.45, 2.75) is 13.5 Å². The fraction of sp³-hybridized carbons (Fsp3) is 0.263. The van der Waals surface area contributed by atoms with Gasteiger partial charge in [0, 0.05) is 31.4 Å². The molecule has 0 aliphatic rings. The lowest BCUT2D eigenvalue weighted by Crippen LogP contribution is -2.29. The molecular weight excluding hydrogens is 302 g/mol. The van der Waals surface area contributed by atoms with Crippen LogP contribution in [0.1, 0.15) is 22.8 Å². The number of hydrogen-bond donors (Lipinski definition) is 2. The molecule has 126 valence electrons. The molecule has 0 aromatic heterocycles. The molecule has 0 radical (unpaired) electrons. The van der Waals surface area contributed by atoms with E-state index in [1.165, 1.54) is 0 Å². The van der Waals surface area contributed by atoms with Gasteiger partial charge in [0.05, 0.1) is 6.54 Å². The minimum absolute atomic E-state index is 0.0551. The summed E-state index contributed by atoms with van der Waals surface area (Å²) in [6.45, 7) is 3.21. The molecule has 2 aromatic carbocycles. The molecule has 5 nitrogen and oxygen atoms in total. The van der Waals surface area contributed by atoms with E-state index in [0.717, 1.165) is 11.3 Å². The highest BCUT2D eigenvalue weighted by atomic mass is 16.2. The van der Waals surface area contributed by atoms with E-state index in [1.54, 1.807) is 24.1 Å². The van der Waals surface area contributed by atoms with Gasteiger partial charge in [-0.2, -0.15) is 0 Å². The molecule has 0 unspecified atom stereocenters. The van der Waals surface area contributed by atoms with E-state index in [9.17, 15) is 9.59 Å². The summed E-state index contributed by atoms with van der Waals surface area (Å²) >= 11 is 0. The van der Waals surface area contributed by atoms with Crippen molar-refractivity contribution >= 4 is 17.5 Å². The number of nitrogens with one attached hydrogen (secondary N) is 2. The molecule has 0 aliphatic heterocycles. The van der Waals surface area contributed by atoms with Gasteiger partial charge in [-0.25, -0.2) is 0 Å². The Bertz CT molecular complexity index is 686. The van der Waals surface area contributed by atoms with Gasteiger partial charge in [0.15, 0.2) is 0 Å². The van der Waals surface area contributed by atoms with Crippen LogP contribution in [0.25, 0.3) is 0 Å². The molecule has 5 heteroatoms.